The first kappa shape index (κ1) is 13.2. The van der Waals surface area contributed by atoms with Crippen LogP contribution in [-0.4, -0.2) is 12.2 Å². The number of benzene rings is 1. The quantitative estimate of drug-likeness (QED) is 0.940. The van der Waals surface area contributed by atoms with E-state index in [9.17, 15) is 5.11 Å². The third kappa shape index (κ3) is 2.76. The van der Waals surface area contributed by atoms with E-state index in [1.165, 1.54) is 0 Å². The molecular weight excluding hydrogens is 296 g/mol. The maximum atomic E-state index is 10.5. The summed E-state index contributed by atoms with van der Waals surface area (Å²) in [6.07, 6.45) is 3.57. The van der Waals surface area contributed by atoms with E-state index < -0.39 is 5.60 Å². The van der Waals surface area contributed by atoms with Crippen molar-refractivity contribution >= 4 is 15.9 Å². The molecular formula is C14H15BrO3. The Labute approximate surface area is 115 Å². The Morgan fingerprint density at radius 2 is 2.17 bits per heavy atom. The molecule has 3 nitrogen and oxygen atoms in total. The number of furan rings is 1. The average molecular weight is 311 g/mol. The molecule has 2 aromatic rings. The Bertz CT molecular complexity index is 518. The Kier molecular flexibility index (Phi) is 3.78. The summed E-state index contributed by atoms with van der Waals surface area (Å²) < 4.78 is 11.3. The van der Waals surface area contributed by atoms with Crippen LogP contribution in [0.5, 0.6) is 5.75 Å². The lowest BCUT2D eigenvalue weighted by molar-refractivity contribution is 0.0563. The average Bonchev–Trinajstić information content (AvgIpc) is 2.83. The molecule has 96 valence electrons. The van der Waals surface area contributed by atoms with Gasteiger partial charge in [0.1, 0.15) is 5.75 Å². The molecule has 0 radical (unpaired) electrons. The van der Waals surface area contributed by atoms with Crippen molar-refractivity contribution in [1.29, 1.82) is 0 Å². The van der Waals surface area contributed by atoms with Crippen LogP contribution in [-0.2, 0) is 12.0 Å². The molecule has 1 N–H and O–H groups in total. The van der Waals surface area contributed by atoms with Crippen LogP contribution in [0.2, 0.25) is 0 Å². The van der Waals surface area contributed by atoms with Crippen LogP contribution >= 0.6 is 15.9 Å². The van der Waals surface area contributed by atoms with Gasteiger partial charge in [-0.05, 0) is 36.8 Å². The molecule has 0 fully saturated rings. The highest BCUT2D eigenvalue weighted by Crippen LogP contribution is 2.31. The largest absolute Gasteiger partial charge is 0.496 e. The molecule has 0 aliphatic heterocycles. The van der Waals surface area contributed by atoms with Crippen molar-refractivity contribution in [3.63, 3.8) is 0 Å². The highest BCUT2D eigenvalue weighted by molar-refractivity contribution is 9.10. The minimum Gasteiger partial charge on any atom is -0.496 e. The molecule has 1 aromatic heterocycles. The molecule has 4 heteroatoms. The summed E-state index contributed by atoms with van der Waals surface area (Å²) in [5.74, 6) is 0.766. The molecule has 1 aromatic carbocycles. The fraction of sp³-hybridized carbons (Fsp3) is 0.286. The van der Waals surface area contributed by atoms with Crippen molar-refractivity contribution in [2.45, 2.75) is 18.9 Å². The Hall–Kier alpha value is -1.26. The standard InChI is InChI=1S/C14H15BrO3/c1-14(16,11-5-6-18-9-11)8-10-7-12(15)3-4-13(10)17-2/h3-7,9,16H,8H2,1-2H3. The van der Waals surface area contributed by atoms with Gasteiger partial charge in [-0.2, -0.15) is 0 Å². The second kappa shape index (κ2) is 5.16. The number of ether oxygens (including phenoxy) is 1. The zero-order valence-corrected chi connectivity index (χ0v) is 11.9. The molecule has 2 rings (SSSR count). The summed E-state index contributed by atoms with van der Waals surface area (Å²) in [5, 5.41) is 10.5. The zero-order chi connectivity index (χ0) is 13.2. The number of hydrogen-bond donors (Lipinski definition) is 1. The van der Waals surface area contributed by atoms with Crippen molar-refractivity contribution in [3.8, 4) is 5.75 Å². The van der Waals surface area contributed by atoms with Crippen LogP contribution < -0.4 is 4.74 Å². The number of aliphatic hydroxyl groups is 1. The predicted octanol–water partition coefficient (Wildman–Crippen LogP) is 3.50. The molecule has 0 amide bonds. The van der Waals surface area contributed by atoms with Gasteiger partial charge in [-0.15, -0.1) is 0 Å². The predicted molar refractivity (Wildman–Crippen MR) is 72.7 cm³/mol. The monoisotopic (exact) mass is 310 g/mol. The van der Waals surface area contributed by atoms with Gasteiger partial charge >= 0.3 is 0 Å². The van der Waals surface area contributed by atoms with Gasteiger partial charge in [-0.25, -0.2) is 0 Å². The number of methoxy groups -OCH3 is 1. The number of rotatable bonds is 4. The van der Waals surface area contributed by atoms with E-state index in [1.807, 2.05) is 18.2 Å². The first-order chi connectivity index (χ1) is 8.53. The van der Waals surface area contributed by atoms with Crippen molar-refractivity contribution in [2.24, 2.45) is 0 Å². The van der Waals surface area contributed by atoms with E-state index in [2.05, 4.69) is 15.9 Å². The smallest absolute Gasteiger partial charge is 0.122 e. The second-order valence-corrected chi connectivity index (χ2v) is 5.33. The number of hydrogen-bond acceptors (Lipinski definition) is 3. The van der Waals surface area contributed by atoms with E-state index in [4.69, 9.17) is 9.15 Å². The topological polar surface area (TPSA) is 42.6 Å². The van der Waals surface area contributed by atoms with Crippen LogP contribution in [0.1, 0.15) is 18.1 Å². The van der Waals surface area contributed by atoms with E-state index in [1.54, 1.807) is 32.6 Å². The lowest BCUT2D eigenvalue weighted by Gasteiger charge is -2.23. The lowest BCUT2D eigenvalue weighted by atomic mass is 9.90. The summed E-state index contributed by atoms with van der Waals surface area (Å²) in [5.41, 5.74) is 0.712. The van der Waals surface area contributed by atoms with Crippen LogP contribution in [0.25, 0.3) is 0 Å². The highest BCUT2D eigenvalue weighted by atomic mass is 79.9. The minimum atomic E-state index is -0.985. The van der Waals surface area contributed by atoms with Crippen LogP contribution in [0.3, 0.4) is 0 Å². The summed E-state index contributed by atoms with van der Waals surface area (Å²) >= 11 is 3.43. The number of halogens is 1. The van der Waals surface area contributed by atoms with Crippen molar-refractivity contribution in [3.05, 3.63) is 52.4 Å². The van der Waals surface area contributed by atoms with E-state index >= 15 is 0 Å². The van der Waals surface area contributed by atoms with Gasteiger partial charge in [0.05, 0.1) is 25.2 Å². The third-order valence-electron chi connectivity index (χ3n) is 2.92. The first-order valence-electron chi connectivity index (χ1n) is 5.60. The molecule has 0 saturated heterocycles. The first-order valence-corrected chi connectivity index (χ1v) is 6.40. The fourth-order valence-corrected chi connectivity index (χ4v) is 2.34. The Morgan fingerprint density at radius 3 is 2.78 bits per heavy atom. The van der Waals surface area contributed by atoms with Gasteiger partial charge in [-0.3, -0.25) is 0 Å². The summed E-state index contributed by atoms with van der Waals surface area (Å²) in [4.78, 5) is 0. The van der Waals surface area contributed by atoms with Crippen LogP contribution in [0.4, 0.5) is 0 Å². The highest BCUT2D eigenvalue weighted by Gasteiger charge is 2.26. The van der Waals surface area contributed by atoms with Gasteiger partial charge < -0.3 is 14.3 Å². The minimum absolute atomic E-state index is 0.454. The SMILES string of the molecule is COc1ccc(Br)cc1CC(C)(O)c1ccoc1. The maximum absolute atomic E-state index is 10.5. The van der Waals surface area contributed by atoms with Crippen molar-refractivity contribution in [2.75, 3.05) is 7.11 Å². The van der Waals surface area contributed by atoms with E-state index in [-0.39, 0.29) is 0 Å². The van der Waals surface area contributed by atoms with Gasteiger partial charge in [0.25, 0.3) is 0 Å². The van der Waals surface area contributed by atoms with Crippen LogP contribution in [0, 0.1) is 0 Å². The molecule has 0 aliphatic carbocycles. The van der Waals surface area contributed by atoms with Crippen LogP contribution in [0.15, 0.2) is 45.7 Å². The maximum Gasteiger partial charge on any atom is 0.122 e. The van der Waals surface area contributed by atoms with E-state index in [0.29, 0.717) is 6.42 Å². The Balaban J connectivity index is 2.31. The Morgan fingerprint density at radius 1 is 1.39 bits per heavy atom. The van der Waals surface area contributed by atoms with E-state index in [0.717, 1.165) is 21.3 Å². The van der Waals surface area contributed by atoms with Crippen molar-refractivity contribution < 1.29 is 14.3 Å². The molecule has 1 atom stereocenters. The lowest BCUT2D eigenvalue weighted by Crippen LogP contribution is -2.23. The molecule has 0 bridgehead atoms. The molecule has 0 saturated carbocycles. The van der Waals surface area contributed by atoms with Gasteiger partial charge in [0.15, 0.2) is 0 Å². The van der Waals surface area contributed by atoms with Gasteiger partial charge in [-0.1, -0.05) is 15.9 Å². The zero-order valence-electron chi connectivity index (χ0n) is 10.3. The fourth-order valence-electron chi connectivity index (χ4n) is 1.93. The summed E-state index contributed by atoms with van der Waals surface area (Å²) in [7, 11) is 1.62. The third-order valence-corrected chi connectivity index (χ3v) is 3.41. The summed E-state index contributed by atoms with van der Waals surface area (Å²) in [6, 6.07) is 7.51. The summed E-state index contributed by atoms with van der Waals surface area (Å²) in [6.45, 7) is 1.76. The molecule has 0 spiro atoms. The molecule has 0 aliphatic rings. The molecule has 1 unspecified atom stereocenters. The van der Waals surface area contributed by atoms with Gasteiger partial charge in [0.2, 0.25) is 0 Å². The second-order valence-electron chi connectivity index (χ2n) is 4.42. The molecule has 1 heterocycles. The van der Waals surface area contributed by atoms with Gasteiger partial charge in [0, 0.05) is 16.5 Å². The van der Waals surface area contributed by atoms with Crippen molar-refractivity contribution in [1.82, 2.24) is 0 Å². The normalized spacial score (nSPS) is 14.2. The molecule has 18 heavy (non-hydrogen) atoms.